The predicted molar refractivity (Wildman–Crippen MR) is 68.5 cm³/mol. The minimum atomic E-state index is 0.442. The van der Waals surface area contributed by atoms with Gasteiger partial charge in [0.1, 0.15) is 11.4 Å². The molecule has 0 aliphatic heterocycles. The van der Waals surface area contributed by atoms with Gasteiger partial charge in [0.15, 0.2) is 6.29 Å². The molecule has 0 aliphatic carbocycles. The quantitative estimate of drug-likeness (QED) is 0.484. The van der Waals surface area contributed by atoms with Crippen molar-refractivity contribution in [1.29, 1.82) is 0 Å². The molecule has 17 heavy (non-hydrogen) atoms. The minimum Gasteiger partial charge on any atom is -0.492 e. The fourth-order valence-corrected chi connectivity index (χ4v) is 1.62. The number of rotatable bonds is 9. The van der Waals surface area contributed by atoms with E-state index in [1.807, 2.05) is 0 Å². The minimum absolute atomic E-state index is 0.442. The number of unbranched alkanes of at least 4 members (excludes halogenated alkanes) is 5. The van der Waals surface area contributed by atoms with E-state index in [9.17, 15) is 4.79 Å². The third-order valence-electron chi connectivity index (χ3n) is 2.65. The smallest absolute Gasteiger partial charge is 0.168 e. The van der Waals surface area contributed by atoms with E-state index in [-0.39, 0.29) is 0 Å². The molecule has 0 radical (unpaired) electrons. The molecule has 0 aliphatic rings. The van der Waals surface area contributed by atoms with Crippen LogP contribution in [0.1, 0.15) is 55.9 Å². The van der Waals surface area contributed by atoms with E-state index in [4.69, 9.17) is 4.74 Å². The summed E-state index contributed by atoms with van der Waals surface area (Å²) in [5.41, 5.74) is 0.442. The highest BCUT2D eigenvalue weighted by Gasteiger charge is 1.96. The van der Waals surface area contributed by atoms with Crippen LogP contribution in [0.2, 0.25) is 0 Å². The van der Waals surface area contributed by atoms with Gasteiger partial charge in [0.05, 0.1) is 12.8 Å². The van der Waals surface area contributed by atoms with E-state index < -0.39 is 0 Å². The first-order valence-electron chi connectivity index (χ1n) is 6.41. The number of hydrogen-bond acceptors (Lipinski definition) is 3. The second-order valence-corrected chi connectivity index (χ2v) is 4.15. The normalized spacial score (nSPS) is 10.2. The Hall–Kier alpha value is -1.38. The molecule has 0 N–H and O–H groups in total. The van der Waals surface area contributed by atoms with E-state index in [1.54, 1.807) is 18.3 Å². The van der Waals surface area contributed by atoms with Crippen molar-refractivity contribution < 1.29 is 9.53 Å². The molecule has 1 heterocycles. The Morgan fingerprint density at radius 1 is 1.18 bits per heavy atom. The summed E-state index contributed by atoms with van der Waals surface area (Å²) in [4.78, 5) is 14.3. The van der Waals surface area contributed by atoms with Gasteiger partial charge >= 0.3 is 0 Å². The van der Waals surface area contributed by atoms with Gasteiger partial charge in [0, 0.05) is 0 Å². The van der Waals surface area contributed by atoms with E-state index in [2.05, 4.69) is 11.9 Å². The topological polar surface area (TPSA) is 39.2 Å². The van der Waals surface area contributed by atoms with Gasteiger partial charge in [-0.15, -0.1) is 0 Å². The van der Waals surface area contributed by atoms with Crippen molar-refractivity contribution in [2.24, 2.45) is 0 Å². The second-order valence-electron chi connectivity index (χ2n) is 4.15. The number of aromatic nitrogens is 1. The van der Waals surface area contributed by atoms with Crippen molar-refractivity contribution in [2.45, 2.75) is 45.4 Å². The van der Waals surface area contributed by atoms with Gasteiger partial charge in [-0.05, 0) is 18.6 Å². The van der Waals surface area contributed by atoms with Gasteiger partial charge in [0.2, 0.25) is 0 Å². The number of carbonyl (C=O) groups is 1. The molecule has 1 aromatic heterocycles. The number of carbonyl (C=O) groups excluding carboxylic acids is 1. The number of ether oxygens (including phenoxy) is 1. The standard InChI is InChI=1S/C14H21NO2/c1-2-3-4-5-6-7-10-17-14-9-8-13(12-16)15-11-14/h8-9,11-12H,2-7,10H2,1H3. The summed E-state index contributed by atoms with van der Waals surface area (Å²) in [7, 11) is 0. The molecule has 0 fully saturated rings. The Kier molecular flexibility index (Phi) is 7.03. The average Bonchev–Trinajstić information content (AvgIpc) is 2.38. The van der Waals surface area contributed by atoms with E-state index in [0.717, 1.165) is 25.1 Å². The Labute approximate surface area is 103 Å². The molecule has 0 spiro atoms. The molecule has 1 rings (SSSR count). The molecule has 0 amide bonds. The highest BCUT2D eigenvalue weighted by molar-refractivity contribution is 5.71. The first kappa shape index (κ1) is 13.7. The van der Waals surface area contributed by atoms with Crippen LogP contribution in [0.5, 0.6) is 5.75 Å². The maximum Gasteiger partial charge on any atom is 0.168 e. The van der Waals surface area contributed by atoms with Gasteiger partial charge in [-0.25, -0.2) is 4.98 Å². The molecule has 1 aromatic rings. The monoisotopic (exact) mass is 235 g/mol. The summed E-state index contributed by atoms with van der Waals surface area (Å²) in [6, 6.07) is 3.46. The van der Waals surface area contributed by atoms with Crippen molar-refractivity contribution in [3.63, 3.8) is 0 Å². The zero-order valence-electron chi connectivity index (χ0n) is 10.5. The first-order chi connectivity index (χ1) is 8.36. The summed E-state index contributed by atoms with van der Waals surface area (Å²) < 4.78 is 5.53. The summed E-state index contributed by atoms with van der Waals surface area (Å²) in [5, 5.41) is 0. The van der Waals surface area contributed by atoms with Crippen LogP contribution < -0.4 is 4.74 Å². The lowest BCUT2D eigenvalue weighted by atomic mass is 10.1. The molecule has 3 heteroatoms. The SMILES string of the molecule is CCCCCCCCOc1ccc(C=O)nc1. The third-order valence-corrected chi connectivity index (χ3v) is 2.65. The zero-order valence-corrected chi connectivity index (χ0v) is 10.5. The molecule has 94 valence electrons. The predicted octanol–water partition coefficient (Wildman–Crippen LogP) is 3.63. The van der Waals surface area contributed by atoms with Gasteiger partial charge in [-0.3, -0.25) is 4.79 Å². The van der Waals surface area contributed by atoms with Crippen LogP contribution >= 0.6 is 0 Å². The second kappa shape index (κ2) is 8.74. The van der Waals surface area contributed by atoms with Gasteiger partial charge in [0.25, 0.3) is 0 Å². The summed E-state index contributed by atoms with van der Waals surface area (Å²) >= 11 is 0. The average molecular weight is 235 g/mol. The Morgan fingerprint density at radius 2 is 1.94 bits per heavy atom. The van der Waals surface area contributed by atoms with Crippen LogP contribution in [-0.2, 0) is 0 Å². The Bertz CT molecular complexity index is 309. The van der Waals surface area contributed by atoms with Crippen molar-refractivity contribution in [3.05, 3.63) is 24.0 Å². The summed E-state index contributed by atoms with van der Waals surface area (Å²) in [6.07, 6.45) is 9.87. The van der Waals surface area contributed by atoms with Crippen molar-refractivity contribution >= 4 is 6.29 Å². The van der Waals surface area contributed by atoms with Crippen molar-refractivity contribution in [2.75, 3.05) is 6.61 Å². The lowest BCUT2D eigenvalue weighted by Gasteiger charge is -2.05. The van der Waals surface area contributed by atoms with Crippen molar-refractivity contribution in [1.82, 2.24) is 4.98 Å². The highest BCUT2D eigenvalue weighted by Crippen LogP contribution is 2.10. The van der Waals surface area contributed by atoms with Crippen molar-refractivity contribution in [3.8, 4) is 5.75 Å². The Morgan fingerprint density at radius 3 is 2.59 bits per heavy atom. The zero-order chi connectivity index (χ0) is 12.3. The van der Waals surface area contributed by atoms with Crippen LogP contribution in [0.4, 0.5) is 0 Å². The van der Waals surface area contributed by atoms with E-state index in [1.165, 1.54) is 32.1 Å². The molecule has 0 unspecified atom stereocenters. The fraction of sp³-hybridized carbons (Fsp3) is 0.571. The number of nitrogens with zero attached hydrogens (tertiary/aromatic N) is 1. The van der Waals surface area contributed by atoms with Crippen LogP contribution in [0.15, 0.2) is 18.3 Å². The van der Waals surface area contributed by atoms with Crippen LogP contribution in [0, 0.1) is 0 Å². The first-order valence-corrected chi connectivity index (χ1v) is 6.41. The summed E-state index contributed by atoms with van der Waals surface area (Å²) in [5.74, 6) is 0.740. The van der Waals surface area contributed by atoms with Gasteiger partial charge in [-0.1, -0.05) is 39.0 Å². The fourth-order valence-electron chi connectivity index (χ4n) is 1.62. The lowest BCUT2D eigenvalue weighted by Crippen LogP contribution is -1.98. The highest BCUT2D eigenvalue weighted by atomic mass is 16.5. The van der Waals surface area contributed by atoms with Gasteiger partial charge in [-0.2, -0.15) is 0 Å². The maximum absolute atomic E-state index is 10.4. The molecule has 0 saturated carbocycles. The Balaban J connectivity index is 2.07. The van der Waals surface area contributed by atoms with E-state index in [0.29, 0.717) is 5.69 Å². The molecule has 0 bridgehead atoms. The third kappa shape index (κ3) is 6.05. The molecular formula is C14H21NO2. The van der Waals surface area contributed by atoms with Gasteiger partial charge < -0.3 is 4.74 Å². The number of pyridine rings is 1. The van der Waals surface area contributed by atoms with Crippen LogP contribution in [0.3, 0.4) is 0 Å². The van der Waals surface area contributed by atoms with Crippen LogP contribution in [-0.4, -0.2) is 17.9 Å². The molecule has 0 saturated heterocycles. The van der Waals surface area contributed by atoms with E-state index >= 15 is 0 Å². The maximum atomic E-state index is 10.4. The number of hydrogen-bond donors (Lipinski definition) is 0. The summed E-state index contributed by atoms with van der Waals surface area (Å²) in [6.45, 7) is 2.95. The largest absolute Gasteiger partial charge is 0.492 e. The molecule has 3 nitrogen and oxygen atoms in total. The molecule has 0 aromatic carbocycles. The van der Waals surface area contributed by atoms with Crippen LogP contribution in [0.25, 0.3) is 0 Å². The molecular weight excluding hydrogens is 214 g/mol. The lowest BCUT2D eigenvalue weighted by molar-refractivity contribution is 0.111. The number of aldehydes is 1. The molecule has 0 atom stereocenters.